The highest BCUT2D eigenvalue weighted by Crippen LogP contribution is 2.22. The highest BCUT2D eigenvalue weighted by molar-refractivity contribution is 9.10. The third-order valence-electron chi connectivity index (χ3n) is 4.02. The Labute approximate surface area is 196 Å². The largest absolute Gasteiger partial charge is 0.485 e. The van der Waals surface area contributed by atoms with E-state index in [2.05, 4.69) is 41.6 Å². The van der Waals surface area contributed by atoms with Crippen LogP contribution in [0, 0.1) is 0 Å². The van der Waals surface area contributed by atoms with Gasteiger partial charge in [-0.2, -0.15) is 4.80 Å². The van der Waals surface area contributed by atoms with Gasteiger partial charge >= 0.3 is 0 Å². The van der Waals surface area contributed by atoms with E-state index in [1.54, 1.807) is 36.4 Å². The quantitative estimate of drug-likeness (QED) is 0.368. The van der Waals surface area contributed by atoms with Gasteiger partial charge in [0.05, 0.1) is 11.9 Å². The molecule has 1 N–H and O–H groups in total. The standard InChI is InChI=1S/C21H16BrClN6O3/c22-14-1-6-18(7-2-14)32-21-10-5-16(11-24-21)25-20(30)12-29-27-19(26-28-29)13-31-17-8-3-15(23)4-9-17/h1-11H,12-13H2,(H,25,30). The number of tetrazole rings is 1. The van der Waals surface area contributed by atoms with Gasteiger partial charge in [-0.25, -0.2) is 4.98 Å². The maximum atomic E-state index is 12.3. The van der Waals surface area contributed by atoms with Crippen LogP contribution >= 0.6 is 27.5 Å². The zero-order valence-electron chi connectivity index (χ0n) is 16.5. The lowest BCUT2D eigenvalue weighted by molar-refractivity contribution is -0.117. The summed E-state index contributed by atoms with van der Waals surface area (Å²) in [6.07, 6.45) is 1.51. The molecular weight excluding hydrogens is 500 g/mol. The van der Waals surface area contributed by atoms with E-state index in [0.717, 1.165) is 4.47 Å². The summed E-state index contributed by atoms with van der Waals surface area (Å²) in [7, 11) is 0. The van der Waals surface area contributed by atoms with Crippen molar-refractivity contribution in [2.75, 3.05) is 5.32 Å². The molecule has 11 heteroatoms. The predicted octanol–water partition coefficient (Wildman–Crippen LogP) is 4.49. The van der Waals surface area contributed by atoms with Crippen molar-refractivity contribution in [2.45, 2.75) is 13.2 Å². The summed E-state index contributed by atoms with van der Waals surface area (Å²) in [4.78, 5) is 17.6. The van der Waals surface area contributed by atoms with Crippen molar-refractivity contribution in [1.29, 1.82) is 0 Å². The highest BCUT2D eigenvalue weighted by atomic mass is 79.9. The fourth-order valence-corrected chi connectivity index (χ4v) is 2.94. The van der Waals surface area contributed by atoms with Crippen molar-refractivity contribution in [3.63, 3.8) is 0 Å². The zero-order chi connectivity index (χ0) is 22.3. The summed E-state index contributed by atoms with van der Waals surface area (Å²) in [6, 6.07) is 17.7. The molecule has 0 aliphatic rings. The maximum absolute atomic E-state index is 12.3. The number of carbonyl (C=O) groups is 1. The summed E-state index contributed by atoms with van der Waals surface area (Å²) in [6.45, 7) is 0.0120. The molecule has 0 fully saturated rings. The fraction of sp³-hybridized carbons (Fsp3) is 0.0952. The van der Waals surface area contributed by atoms with Crippen LogP contribution < -0.4 is 14.8 Å². The number of halogens is 2. The molecule has 0 saturated heterocycles. The van der Waals surface area contributed by atoms with Crippen LogP contribution in [0.1, 0.15) is 5.82 Å². The summed E-state index contributed by atoms with van der Waals surface area (Å²) < 4.78 is 12.2. The van der Waals surface area contributed by atoms with E-state index >= 15 is 0 Å². The van der Waals surface area contributed by atoms with Crippen LogP contribution in [0.15, 0.2) is 71.3 Å². The lowest BCUT2D eigenvalue weighted by atomic mass is 10.3. The molecule has 0 spiro atoms. The molecule has 2 aromatic carbocycles. The van der Waals surface area contributed by atoms with Crippen LogP contribution in [0.2, 0.25) is 5.02 Å². The third kappa shape index (κ3) is 6.25. The molecule has 4 rings (SSSR count). The van der Waals surface area contributed by atoms with Gasteiger partial charge in [0.25, 0.3) is 0 Å². The molecule has 9 nitrogen and oxygen atoms in total. The topological polar surface area (TPSA) is 104 Å². The Hall–Kier alpha value is -3.50. The summed E-state index contributed by atoms with van der Waals surface area (Å²) >= 11 is 9.21. The second-order valence-corrected chi connectivity index (χ2v) is 7.82. The van der Waals surface area contributed by atoms with Crippen LogP contribution in [-0.4, -0.2) is 31.1 Å². The van der Waals surface area contributed by atoms with Crippen molar-refractivity contribution < 1.29 is 14.3 Å². The average molecular weight is 516 g/mol. The molecule has 0 aliphatic carbocycles. The van der Waals surface area contributed by atoms with E-state index in [1.165, 1.54) is 11.0 Å². The molecular formula is C21H16BrClN6O3. The first kappa shape index (κ1) is 21.7. The molecule has 1 amide bonds. The molecule has 0 saturated carbocycles. The van der Waals surface area contributed by atoms with Crippen molar-refractivity contribution in [1.82, 2.24) is 25.2 Å². The van der Waals surface area contributed by atoms with Crippen molar-refractivity contribution >= 4 is 39.1 Å². The minimum atomic E-state index is -0.323. The number of anilines is 1. The first-order valence-corrected chi connectivity index (χ1v) is 10.5. The van der Waals surface area contributed by atoms with Gasteiger partial charge in [-0.15, -0.1) is 10.2 Å². The third-order valence-corrected chi connectivity index (χ3v) is 4.80. The van der Waals surface area contributed by atoms with Gasteiger partial charge in [-0.3, -0.25) is 4.79 Å². The Balaban J connectivity index is 1.26. The number of hydrogen-bond donors (Lipinski definition) is 1. The molecule has 162 valence electrons. The Bertz CT molecular complexity index is 1180. The summed E-state index contributed by atoms with van der Waals surface area (Å²) in [5, 5.41) is 15.2. The number of nitrogens with zero attached hydrogens (tertiary/aromatic N) is 5. The average Bonchev–Trinajstić information content (AvgIpc) is 3.23. The Morgan fingerprint density at radius 3 is 2.50 bits per heavy atom. The first-order chi connectivity index (χ1) is 15.5. The molecule has 0 unspecified atom stereocenters. The summed E-state index contributed by atoms with van der Waals surface area (Å²) in [5.74, 6) is 1.72. The predicted molar refractivity (Wildman–Crippen MR) is 121 cm³/mol. The molecule has 0 bridgehead atoms. The van der Waals surface area contributed by atoms with E-state index in [9.17, 15) is 4.79 Å². The van der Waals surface area contributed by atoms with E-state index in [-0.39, 0.29) is 19.1 Å². The monoisotopic (exact) mass is 514 g/mol. The highest BCUT2D eigenvalue weighted by Gasteiger charge is 2.09. The Morgan fingerprint density at radius 2 is 1.78 bits per heavy atom. The molecule has 0 radical (unpaired) electrons. The van der Waals surface area contributed by atoms with Gasteiger partial charge in [0.15, 0.2) is 6.61 Å². The second kappa shape index (κ2) is 10.2. The van der Waals surface area contributed by atoms with E-state index < -0.39 is 0 Å². The molecule has 2 heterocycles. The van der Waals surface area contributed by atoms with Gasteiger partial charge in [0.2, 0.25) is 17.6 Å². The summed E-state index contributed by atoms with van der Waals surface area (Å²) in [5.41, 5.74) is 0.518. The normalized spacial score (nSPS) is 10.6. The molecule has 32 heavy (non-hydrogen) atoms. The van der Waals surface area contributed by atoms with Crippen molar-refractivity contribution in [2.24, 2.45) is 0 Å². The van der Waals surface area contributed by atoms with Gasteiger partial charge in [-0.05, 0) is 59.8 Å². The number of rotatable bonds is 8. The van der Waals surface area contributed by atoms with Crippen LogP contribution in [0.4, 0.5) is 5.69 Å². The fourth-order valence-electron chi connectivity index (χ4n) is 2.55. The van der Waals surface area contributed by atoms with Crippen molar-refractivity contribution in [3.8, 4) is 17.4 Å². The van der Waals surface area contributed by atoms with Crippen LogP contribution in [0.25, 0.3) is 0 Å². The number of carbonyl (C=O) groups excluding carboxylic acids is 1. The molecule has 4 aromatic rings. The molecule has 0 atom stereocenters. The number of hydrogen-bond acceptors (Lipinski definition) is 7. The number of ether oxygens (including phenoxy) is 2. The van der Waals surface area contributed by atoms with Gasteiger partial charge in [0, 0.05) is 15.6 Å². The number of amides is 1. The number of aromatic nitrogens is 5. The minimum absolute atomic E-state index is 0.106. The van der Waals surface area contributed by atoms with Crippen molar-refractivity contribution in [3.05, 3.63) is 82.2 Å². The van der Waals surface area contributed by atoms with Crippen LogP contribution in [-0.2, 0) is 17.9 Å². The zero-order valence-corrected chi connectivity index (χ0v) is 18.8. The van der Waals surface area contributed by atoms with E-state index in [0.29, 0.717) is 33.9 Å². The number of benzene rings is 2. The van der Waals surface area contributed by atoms with Crippen LogP contribution in [0.5, 0.6) is 17.4 Å². The van der Waals surface area contributed by atoms with E-state index in [1.807, 2.05) is 24.3 Å². The van der Waals surface area contributed by atoms with Gasteiger partial charge in [-0.1, -0.05) is 27.5 Å². The number of pyridine rings is 1. The lowest BCUT2D eigenvalue weighted by Gasteiger charge is -2.07. The van der Waals surface area contributed by atoms with Crippen LogP contribution in [0.3, 0.4) is 0 Å². The first-order valence-electron chi connectivity index (χ1n) is 9.38. The van der Waals surface area contributed by atoms with E-state index in [4.69, 9.17) is 21.1 Å². The second-order valence-electron chi connectivity index (χ2n) is 6.47. The van der Waals surface area contributed by atoms with Gasteiger partial charge < -0.3 is 14.8 Å². The SMILES string of the molecule is O=C(Cn1nnc(COc2ccc(Cl)cc2)n1)Nc1ccc(Oc2ccc(Br)cc2)nc1. The molecule has 0 aliphatic heterocycles. The lowest BCUT2D eigenvalue weighted by Crippen LogP contribution is -2.20. The smallest absolute Gasteiger partial charge is 0.248 e. The maximum Gasteiger partial charge on any atom is 0.248 e. The number of nitrogens with one attached hydrogen (secondary N) is 1. The van der Waals surface area contributed by atoms with Gasteiger partial charge in [0.1, 0.15) is 18.0 Å². The Morgan fingerprint density at radius 1 is 1.03 bits per heavy atom. The molecule has 2 aromatic heterocycles. The minimum Gasteiger partial charge on any atom is -0.485 e. The Kier molecular flexibility index (Phi) is 6.93.